The molecule has 0 amide bonds. The van der Waals surface area contributed by atoms with E-state index in [0.29, 0.717) is 29.8 Å². The minimum atomic E-state index is -0.653. The number of aryl methyl sites for hydroxylation is 1. The van der Waals surface area contributed by atoms with Crippen LogP contribution in [0.25, 0.3) is 10.2 Å². The fourth-order valence-electron chi connectivity index (χ4n) is 5.76. The number of likely N-dealkylation sites (tertiary alicyclic amines) is 1. The van der Waals surface area contributed by atoms with E-state index in [9.17, 15) is 9.90 Å². The molecule has 0 atom stereocenters. The molecule has 4 heterocycles. The molecule has 2 aromatic rings. The topological polar surface area (TPSA) is 148 Å². The number of carbonyl (C=O) groups is 1. The third-order valence-corrected chi connectivity index (χ3v) is 8.88. The van der Waals surface area contributed by atoms with Crippen molar-refractivity contribution >= 4 is 45.7 Å². The highest BCUT2D eigenvalue weighted by molar-refractivity contribution is 7.13. The van der Waals surface area contributed by atoms with Gasteiger partial charge in [-0.1, -0.05) is 0 Å². The number of fused-ring (bicyclic) bond motifs is 1. The second-order valence-electron chi connectivity index (χ2n) is 10.6. The molecule has 2 saturated heterocycles. The molecule has 3 fully saturated rings. The smallest absolute Gasteiger partial charge is 0.306 e. The Morgan fingerprint density at radius 1 is 1.08 bits per heavy atom. The van der Waals surface area contributed by atoms with E-state index in [1.54, 1.807) is 0 Å². The van der Waals surface area contributed by atoms with Gasteiger partial charge in [-0.25, -0.2) is 0 Å². The average Bonchev–Trinajstić information content (AvgIpc) is 3.32. The zero-order valence-electron chi connectivity index (χ0n) is 21.9. The first-order valence-electron chi connectivity index (χ1n) is 13.7. The molecule has 1 aliphatic carbocycles. The maximum atomic E-state index is 11.3. The summed E-state index contributed by atoms with van der Waals surface area (Å²) in [6.07, 6.45) is 10.7. The van der Waals surface area contributed by atoms with E-state index in [4.69, 9.17) is 15.1 Å². The van der Waals surface area contributed by atoms with E-state index in [1.807, 2.05) is 13.1 Å². The Balaban J connectivity index is 1.22. The molecule has 0 aromatic carbocycles. The van der Waals surface area contributed by atoms with Gasteiger partial charge in [0.2, 0.25) is 5.95 Å². The third kappa shape index (κ3) is 6.41. The molecule has 5 rings (SSSR count). The average molecular weight is 543 g/mol. The van der Waals surface area contributed by atoms with Crippen molar-refractivity contribution in [1.82, 2.24) is 24.6 Å². The van der Waals surface area contributed by atoms with Crippen molar-refractivity contribution in [2.75, 3.05) is 36.9 Å². The van der Waals surface area contributed by atoms with Crippen molar-refractivity contribution in [2.24, 2.45) is 5.92 Å². The molecule has 3 aliphatic rings. The van der Waals surface area contributed by atoms with Gasteiger partial charge < -0.3 is 36.1 Å². The summed E-state index contributed by atoms with van der Waals surface area (Å²) in [5.74, 6) is 0.397. The van der Waals surface area contributed by atoms with Crippen LogP contribution in [0.15, 0.2) is 11.9 Å². The van der Waals surface area contributed by atoms with E-state index in [2.05, 4.69) is 30.2 Å². The minimum absolute atomic E-state index is 0.185. The highest BCUT2D eigenvalue weighted by Gasteiger charge is 2.31. The number of carboxylic acid groups (broad SMARTS) is 1. The number of nitrogens with zero attached hydrogens (tertiary/aromatic N) is 4. The monoisotopic (exact) mass is 542 g/mol. The summed E-state index contributed by atoms with van der Waals surface area (Å²) >= 11 is 1.36. The highest BCUT2D eigenvalue weighted by Crippen LogP contribution is 2.32. The number of hydrogen-bond acceptors (Lipinski definition) is 11. The Morgan fingerprint density at radius 2 is 1.82 bits per heavy atom. The van der Waals surface area contributed by atoms with Crippen molar-refractivity contribution < 1.29 is 14.6 Å². The quantitative estimate of drug-likeness (QED) is 0.298. The van der Waals surface area contributed by atoms with E-state index in [-0.39, 0.29) is 5.92 Å². The first kappa shape index (κ1) is 26.8. The SMILES string of the molecule is Cc1nsc2nc(N/C(C=N)=C/NC3CCOCC3)nc(NC3CCC(N4CCC(C(=O)O)CC4)CC3)c12. The highest BCUT2D eigenvalue weighted by atomic mass is 32.1. The van der Waals surface area contributed by atoms with Crippen LogP contribution in [0.4, 0.5) is 11.8 Å². The summed E-state index contributed by atoms with van der Waals surface area (Å²) in [6.45, 7) is 5.26. The van der Waals surface area contributed by atoms with Gasteiger partial charge in [-0.2, -0.15) is 14.3 Å². The molecule has 12 heteroatoms. The number of nitrogens with one attached hydrogen (secondary N) is 4. The molecule has 38 heavy (non-hydrogen) atoms. The molecular formula is C26H38N8O3S. The molecule has 5 N–H and O–H groups in total. The maximum Gasteiger partial charge on any atom is 0.306 e. The van der Waals surface area contributed by atoms with Crippen LogP contribution >= 0.6 is 11.5 Å². The first-order valence-corrected chi connectivity index (χ1v) is 14.5. The fraction of sp³-hybridized carbons (Fsp3) is 0.654. The predicted molar refractivity (Wildman–Crippen MR) is 149 cm³/mol. The number of allylic oxidation sites excluding steroid dienone is 1. The van der Waals surface area contributed by atoms with Crippen molar-refractivity contribution in [3.63, 3.8) is 0 Å². The lowest BCUT2D eigenvalue weighted by Crippen LogP contribution is -2.45. The van der Waals surface area contributed by atoms with E-state index < -0.39 is 5.97 Å². The maximum absolute atomic E-state index is 11.3. The molecule has 2 aliphatic heterocycles. The Hall–Kier alpha value is -2.83. The molecule has 0 unspecified atom stereocenters. The van der Waals surface area contributed by atoms with Gasteiger partial charge in [0, 0.05) is 43.8 Å². The number of carboxylic acids is 1. The number of piperidine rings is 1. The number of aromatic nitrogens is 3. The second-order valence-corrected chi connectivity index (χ2v) is 11.3. The predicted octanol–water partition coefficient (Wildman–Crippen LogP) is 3.59. The van der Waals surface area contributed by atoms with Crippen LogP contribution in [0.5, 0.6) is 0 Å². The molecule has 11 nitrogen and oxygen atoms in total. The van der Waals surface area contributed by atoms with Crippen LogP contribution in [0.1, 0.15) is 57.1 Å². The van der Waals surface area contributed by atoms with Crippen molar-refractivity contribution in [2.45, 2.75) is 76.4 Å². The molecular weight excluding hydrogens is 504 g/mol. The largest absolute Gasteiger partial charge is 0.481 e. The Labute approximate surface area is 227 Å². The van der Waals surface area contributed by atoms with E-state index in [0.717, 1.165) is 99.4 Å². The molecule has 0 radical (unpaired) electrons. The van der Waals surface area contributed by atoms with Crippen LogP contribution in [0.3, 0.4) is 0 Å². The van der Waals surface area contributed by atoms with E-state index >= 15 is 0 Å². The summed E-state index contributed by atoms with van der Waals surface area (Å²) in [7, 11) is 0. The van der Waals surface area contributed by atoms with Gasteiger partial charge in [0.05, 0.1) is 22.7 Å². The minimum Gasteiger partial charge on any atom is -0.481 e. The van der Waals surface area contributed by atoms with Crippen molar-refractivity contribution in [1.29, 1.82) is 5.41 Å². The third-order valence-electron chi connectivity index (χ3n) is 8.05. The molecule has 0 spiro atoms. The normalized spacial score (nSPS) is 24.3. The lowest BCUT2D eigenvalue weighted by molar-refractivity contribution is -0.143. The fourth-order valence-corrected chi connectivity index (χ4v) is 6.53. The van der Waals surface area contributed by atoms with Gasteiger partial charge in [0.1, 0.15) is 5.82 Å². The summed E-state index contributed by atoms with van der Waals surface area (Å²) < 4.78 is 9.94. The number of aliphatic carboxylic acids is 1. The lowest BCUT2D eigenvalue weighted by Gasteiger charge is -2.40. The van der Waals surface area contributed by atoms with Crippen LogP contribution < -0.4 is 16.0 Å². The number of rotatable bonds is 9. The van der Waals surface area contributed by atoms with Gasteiger partial charge >= 0.3 is 5.97 Å². The Bertz CT molecular complexity index is 1150. The van der Waals surface area contributed by atoms with Crippen LogP contribution in [-0.4, -0.2) is 81.0 Å². The van der Waals surface area contributed by atoms with Gasteiger partial charge in [0.25, 0.3) is 0 Å². The van der Waals surface area contributed by atoms with Crippen LogP contribution in [0.2, 0.25) is 0 Å². The second kappa shape index (κ2) is 12.4. The zero-order valence-corrected chi connectivity index (χ0v) is 22.7. The molecule has 206 valence electrons. The first-order chi connectivity index (χ1) is 18.5. The summed E-state index contributed by atoms with van der Waals surface area (Å²) in [5, 5.41) is 28.4. The molecule has 0 bridgehead atoms. The number of anilines is 2. The number of hydrogen-bond donors (Lipinski definition) is 5. The summed E-state index contributed by atoms with van der Waals surface area (Å²) in [6, 6.07) is 1.17. The summed E-state index contributed by atoms with van der Waals surface area (Å²) in [5.41, 5.74) is 1.51. The van der Waals surface area contributed by atoms with Gasteiger partial charge in [-0.3, -0.25) is 4.79 Å². The van der Waals surface area contributed by atoms with Crippen molar-refractivity contribution in [3.05, 3.63) is 17.6 Å². The molecule has 1 saturated carbocycles. The zero-order chi connectivity index (χ0) is 26.5. The van der Waals surface area contributed by atoms with Crippen molar-refractivity contribution in [3.8, 4) is 0 Å². The lowest BCUT2D eigenvalue weighted by atomic mass is 9.87. The van der Waals surface area contributed by atoms with Crippen LogP contribution in [-0.2, 0) is 9.53 Å². The summed E-state index contributed by atoms with van der Waals surface area (Å²) in [4.78, 5) is 24.1. The number of ether oxygens (including phenoxy) is 1. The standard InChI is InChI=1S/C26H38N8O3S/c1-16-22-23(29-19-2-4-21(5-3-19)34-10-6-17(7-11-34)25(35)36)31-26(32-24(22)38-33-16)30-20(14-27)15-28-18-8-12-37-13-9-18/h14-15,17-19,21,27-28H,2-13H2,1H3,(H,35,36)(H2,29,30,31,32)/b20-15+,27-14?. The van der Waals surface area contributed by atoms with Gasteiger partial charge in [0.15, 0.2) is 4.83 Å². The van der Waals surface area contributed by atoms with Gasteiger partial charge in [-0.05, 0) is 82.9 Å². The Kier molecular flexibility index (Phi) is 8.70. The van der Waals surface area contributed by atoms with Gasteiger partial charge in [-0.15, -0.1) is 0 Å². The van der Waals surface area contributed by atoms with Crippen LogP contribution in [0, 0.1) is 18.3 Å². The molecule has 2 aromatic heterocycles. The van der Waals surface area contributed by atoms with E-state index in [1.165, 1.54) is 17.7 Å². The Morgan fingerprint density at radius 3 is 2.50 bits per heavy atom.